The van der Waals surface area contributed by atoms with Gasteiger partial charge in [-0.2, -0.15) is 0 Å². The van der Waals surface area contributed by atoms with Crippen molar-refractivity contribution in [3.05, 3.63) is 61.3 Å². The molecule has 6 nitrogen and oxygen atoms in total. The van der Waals surface area contributed by atoms with Gasteiger partial charge in [0.1, 0.15) is 5.82 Å². The van der Waals surface area contributed by atoms with Gasteiger partial charge in [-0.25, -0.2) is 4.39 Å². The standard InChI is InChI=1S/C13H14FN3O3/c1-2-4-11-9(13(18)16-15-11)7-8-10(14)5-3-6-12(8)17(19)20/h3,5-6H,2,4,7H2,1H3,(H2,15,16,18). The first kappa shape index (κ1) is 14.0. The van der Waals surface area contributed by atoms with E-state index in [0.29, 0.717) is 17.7 Å². The Morgan fingerprint density at radius 1 is 1.30 bits per heavy atom. The van der Waals surface area contributed by atoms with Crippen LogP contribution >= 0.6 is 0 Å². The first-order chi connectivity index (χ1) is 9.54. The van der Waals surface area contributed by atoms with Gasteiger partial charge in [0, 0.05) is 23.7 Å². The molecule has 20 heavy (non-hydrogen) atoms. The summed E-state index contributed by atoms with van der Waals surface area (Å²) in [6.07, 6.45) is 1.33. The molecule has 0 atom stereocenters. The highest BCUT2D eigenvalue weighted by atomic mass is 19.1. The fourth-order valence-corrected chi connectivity index (χ4v) is 2.14. The highest BCUT2D eigenvalue weighted by Crippen LogP contribution is 2.24. The van der Waals surface area contributed by atoms with Crippen molar-refractivity contribution < 1.29 is 9.31 Å². The van der Waals surface area contributed by atoms with E-state index in [1.807, 2.05) is 6.92 Å². The maximum Gasteiger partial charge on any atom is 0.275 e. The number of nitro groups is 1. The number of rotatable bonds is 5. The Hall–Kier alpha value is -2.44. The molecule has 0 spiro atoms. The second kappa shape index (κ2) is 5.68. The topological polar surface area (TPSA) is 91.8 Å². The van der Waals surface area contributed by atoms with Crippen molar-refractivity contribution in [2.75, 3.05) is 0 Å². The van der Waals surface area contributed by atoms with Gasteiger partial charge in [0.25, 0.3) is 11.2 Å². The van der Waals surface area contributed by atoms with Crippen LogP contribution in [0.2, 0.25) is 0 Å². The predicted molar refractivity (Wildman–Crippen MR) is 71.3 cm³/mol. The van der Waals surface area contributed by atoms with E-state index in [2.05, 4.69) is 10.2 Å². The summed E-state index contributed by atoms with van der Waals surface area (Å²) in [6.45, 7) is 1.95. The molecule has 2 aromatic rings. The van der Waals surface area contributed by atoms with E-state index in [4.69, 9.17) is 0 Å². The number of nitro benzene ring substituents is 1. The fraction of sp³-hybridized carbons (Fsp3) is 0.308. The van der Waals surface area contributed by atoms with Crippen molar-refractivity contribution in [1.29, 1.82) is 0 Å². The summed E-state index contributed by atoms with van der Waals surface area (Å²) in [5.74, 6) is -0.678. The fourth-order valence-electron chi connectivity index (χ4n) is 2.14. The lowest BCUT2D eigenvalue weighted by atomic mass is 10.0. The third kappa shape index (κ3) is 2.61. The zero-order chi connectivity index (χ0) is 14.7. The Bertz CT molecular complexity index is 690. The molecule has 0 unspecified atom stereocenters. The highest BCUT2D eigenvalue weighted by Gasteiger charge is 2.21. The Morgan fingerprint density at radius 2 is 2.05 bits per heavy atom. The Balaban J connectivity index is 2.47. The molecule has 1 heterocycles. The van der Waals surface area contributed by atoms with Crippen LogP contribution in [0, 0.1) is 15.9 Å². The summed E-state index contributed by atoms with van der Waals surface area (Å²) in [5.41, 5.74) is 0.258. The molecule has 0 amide bonds. The lowest BCUT2D eigenvalue weighted by molar-refractivity contribution is -0.385. The summed E-state index contributed by atoms with van der Waals surface area (Å²) < 4.78 is 13.8. The van der Waals surface area contributed by atoms with Gasteiger partial charge < -0.3 is 5.10 Å². The van der Waals surface area contributed by atoms with Crippen LogP contribution in [0.4, 0.5) is 10.1 Å². The Kier molecular flexibility index (Phi) is 3.97. The van der Waals surface area contributed by atoms with Gasteiger partial charge in [0.05, 0.1) is 10.5 Å². The molecule has 7 heteroatoms. The normalized spacial score (nSPS) is 10.7. The number of H-pyrrole nitrogens is 2. The van der Waals surface area contributed by atoms with Gasteiger partial charge in [-0.3, -0.25) is 20.0 Å². The number of aromatic nitrogens is 2. The van der Waals surface area contributed by atoms with Crippen LogP contribution in [0.15, 0.2) is 23.0 Å². The molecule has 0 aliphatic heterocycles. The van der Waals surface area contributed by atoms with E-state index in [9.17, 15) is 19.3 Å². The number of nitrogens with zero attached hydrogens (tertiary/aromatic N) is 1. The van der Waals surface area contributed by atoms with Gasteiger partial charge in [0.15, 0.2) is 0 Å². The average molecular weight is 279 g/mol. The molecule has 0 saturated carbocycles. The highest BCUT2D eigenvalue weighted by molar-refractivity contribution is 5.44. The molecular formula is C13H14FN3O3. The number of hydrogen-bond acceptors (Lipinski definition) is 3. The quantitative estimate of drug-likeness (QED) is 0.649. The minimum absolute atomic E-state index is 0.0695. The Morgan fingerprint density at radius 3 is 2.70 bits per heavy atom. The summed E-state index contributed by atoms with van der Waals surface area (Å²) in [6, 6.07) is 3.67. The second-order valence-corrected chi connectivity index (χ2v) is 4.46. The van der Waals surface area contributed by atoms with E-state index in [1.54, 1.807) is 0 Å². The lowest BCUT2D eigenvalue weighted by Crippen LogP contribution is -2.10. The van der Waals surface area contributed by atoms with Crippen LogP contribution in [0.25, 0.3) is 0 Å². The maximum absolute atomic E-state index is 13.8. The van der Waals surface area contributed by atoms with Gasteiger partial charge in [0.2, 0.25) is 0 Å². The maximum atomic E-state index is 13.8. The first-order valence-corrected chi connectivity index (χ1v) is 6.24. The Labute approximate surface area is 113 Å². The second-order valence-electron chi connectivity index (χ2n) is 4.46. The van der Waals surface area contributed by atoms with Crippen LogP contribution in [-0.2, 0) is 12.8 Å². The largest absolute Gasteiger partial charge is 0.302 e. The van der Waals surface area contributed by atoms with Crippen molar-refractivity contribution in [1.82, 2.24) is 10.2 Å². The van der Waals surface area contributed by atoms with E-state index in [-0.39, 0.29) is 23.2 Å². The van der Waals surface area contributed by atoms with E-state index in [0.717, 1.165) is 12.5 Å². The van der Waals surface area contributed by atoms with Crippen LogP contribution in [0.1, 0.15) is 30.2 Å². The lowest BCUT2D eigenvalue weighted by Gasteiger charge is -2.04. The molecule has 2 rings (SSSR count). The number of benzene rings is 1. The first-order valence-electron chi connectivity index (χ1n) is 6.24. The van der Waals surface area contributed by atoms with Gasteiger partial charge in [-0.1, -0.05) is 19.4 Å². The molecule has 0 fully saturated rings. The van der Waals surface area contributed by atoms with Crippen LogP contribution in [0.3, 0.4) is 0 Å². The zero-order valence-corrected chi connectivity index (χ0v) is 10.9. The van der Waals surface area contributed by atoms with Crippen molar-refractivity contribution in [3.63, 3.8) is 0 Å². The van der Waals surface area contributed by atoms with Crippen molar-refractivity contribution >= 4 is 5.69 Å². The molecule has 0 aliphatic carbocycles. The summed E-state index contributed by atoms with van der Waals surface area (Å²) >= 11 is 0. The van der Waals surface area contributed by atoms with Gasteiger partial charge in [-0.15, -0.1) is 0 Å². The molecule has 2 N–H and O–H groups in total. The van der Waals surface area contributed by atoms with Gasteiger partial charge >= 0.3 is 0 Å². The summed E-state index contributed by atoms with van der Waals surface area (Å²) in [7, 11) is 0. The third-order valence-electron chi connectivity index (χ3n) is 3.11. The van der Waals surface area contributed by atoms with Crippen LogP contribution < -0.4 is 5.56 Å². The van der Waals surface area contributed by atoms with Crippen molar-refractivity contribution in [2.45, 2.75) is 26.2 Å². The van der Waals surface area contributed by atoms with Gasteiger partial charge in [-0.05, 0) is 12.5 Å². The summed E-state index contributed by atoms with van der Waals surface area (Å²) in [4.78, 5) is 22.0. The average Bonchev–Trinajstić information content (AvgIpc) is 2.74. The molecule has 0 aliphatic rings. The summed E-state index contributed by atoms with van der Waals surface area (Å²) in [5, 5.41) is 16.1. The van der Waals surface area contributed by atoms with Crippen molar-refractivity contribution in [3.8, 4) is 0 Å². The molecular weight excluding hydrogens is 265 g/mol. The number of nitrogens with one attached hydrogen (secondary N) is 2. The van der Waals surface area contributed by atoms with E-state index in [1.165, 1.54) is 12.1 Å². The van der Waals surface area contributed by atoms with E-state index >= 15 is 0 Å². The number of aryl methyl sites for hydroxylation is 1. The molecule has 0 bridgehead atoms. The zero-order valence-electron chi connectivity index (χ0n) is 10.9. The van der Waals surface area contributed by atoms with E-state index < -0.39 is 10.7 Å². The molecule has 106 valence electrons. The SMILES string of the molecule is CCCc1[nH][nH]c(=O)c1Cc1c(F)cccc1[N+](=O)[O-]. The number of aromatic amines is 2. The van der Waals surface area contributed by atoms with Crippen LogP contribution in [-0.4, -0.2) is 15.1 Å². The molecule has 0 saturated heterocycles. The van der Waals surface area contributed by atoms with Crippen LogP contribution in [0.5, 0.6) is 0 Å². The number of hydrogen-bond donors (Lipinski definition) is 2. The monoisotopic (exact) mass is 279 g/mol. The minimum atomic E-state index is -0.678. The molecule has 0 radical (unpaired) electrons. The third-order valence-corrected chi connectivity index (χ3v) is 3.11. The van der Waals surface area contributed by atoms with Crippen molar-refractivity contribution in [2.24, 2.45) is 0 Å². The molecule has 1 aromatic carbocycles. The minimum Gasteiger partial charge on any atom is -0.302 e. The number of halogens is 1. The smallest absolute Gasteiger partial charge is 0.275 e. The predicted octanol–water partition coefficient (Wildman–Crippen LogP) is 2.29. The molecule has 1 aromatic heterocycles.